The Hall–Kier alpha value is -2.62. The normalized spacial score (nSPS) is 20.1. The SMILES string of the molecule is Cc1cc(F)ccc1[C@H]1CNCC[C@@H]1C(=O)NC[C@H](C)c1cc(C(F)(F)F)cc(C(F)(F)F)c1. The van der Waals surface area contributed by atoms with Crippen LogP contribution in [0, 0.1) is 18.7 Å². The number of amides is 1. The van der Waals surface area contributed by atoms with Crippen LogP contribution in [0.2, 0.25) is 0 Å². The highest BCUT2D eigenvalue weighted by atomic mass is 19.4. The average molecular weight is 490 g/mol. The van der Waals surface area contributed by atoms with E-state index in [9.17, 15) is 35.5 Å². The number of hydrogen-bond donors (Lipinski definition) is 2. The van der Waals surface area contributed by atoms with Gasteiger partial charge in [0.25, 0.3) is 0 Å². The number of alkyl halides is 6. The molecule has 0 saturated carbocycles. The number of carbonyl (C=O) groups excluding carboxylic acids is 1. The lowest BCUT2D eigenvalue weighted by atomic mass is 9.79. The van der Waals surface area contributed by atoms with E-state index in [1.54, 1.807) is 13.0 Å². The minimum absolute atomic E-state index is 0.0828. The Morgan fingerprint density at radius 2 is 1.68 bits per heavy atom. The fraction of sp³-hybridized carbons (Fsp3) is 0.458. The summed E-state index contributed by atoms with van der Waals surface area (Å²) in [5.74, 6) is -2.23. The summed E-state index contributed by atoms with van der Waals surface area (Å²) in [5.41, 5.74) is -1.43. The minimum Gasteiger partial charge on any atom is -0.355 e. The number of rotatable bonds is 5. The highest BCUT2D eigenvalue weighted by molar-refractivity contribution is 5.80. The van der Waals surface area contributed by atoms with E-state index in [4.69, 9.17) is 0 Å². The summed E-state index contributed by atoms with van der Waals surface area (Å²) in [4.78, 5) is 13.0. The van der Waals surface area contributed by atoms with Crippen molar-refractivity contribution >= 4 is 5.91 Å². The fourth-order valence-corrected chi connectivity index (χ4v) is 4.32. The molecule has 0 aliphatic carbocycles. The highest BCUT2D eigenvalue weighted by Gasteiger charge is 2.37. The van der Waals surface area contributed by atoms with Crippen LogP contribution < -0.4 is 10.6 Å². The van der Waals surface area contributed by atoms with Gasteiger partial charge in [-0.25, -0.2) is 4.39 Å². The van der Waals surface area contributed by atoms with Gasteiger partial charge in [0.15, 0.2) is 0 Å². The zero-order valence-corrected chi connectivity index (χ0v) is 18.6. The Kier molecular flexibility index (Phi) is 7.59. The summed E-state index contributed by atoms with van der Waals surface area (Å²) >= 11 is 0. The van der Waals surface area contributed by atoms with Crippen molar-refractivity contribution < 1.29 is 35.5 Å². The van der Waals surface area contributed by atoms with Crippen molar-refractivity contribution in [3.8, 4) is 0 Å². The zero-order valence-electron chi connectivity index (χ0n) is 18.6. The Labute approximate surface area is 192 Å². The Morgan fingerprint density at radius 3 is 2.24 bits per heavy atom. The Balaban J connectivity index is 1.77. The fourth-order valence-electron chi connectivity index (χ4n) is 4.32. The molecule has 0 radical (unpaired) electrons. The van der Waals surface area contributed by atoms with Crippen LogP contribution >= 0.6 is 0 Å². The number of aryl methyl sites for hydroxylation is 1. The summed E-state index contributed by atoms with van der Waals surface area (Å²) in [5, 5.41) is 5.90. The quantitative estimate of drug-likeness (QED) is 0.522. The third kappa shape index (κ3) is 6.08. The molecule has 34 heavy (non-hydrogen) atoms. The Bertz CT molecular complexity index is 1000. The van der Waals surface area contributed by atoms with Gasteiger partial charge in [-0.05, 0) is 72.8 Å². The maximum atomic E-state index is 13.5. The minimum atomic E-state index is -4.94. The number of hydrogen-bond acceptors (Lipinski definition) is 2. The summed E-state index contributed by atoms with van der Waals surface area (Å²) in [7, 11) is 0. The second-order valence-electron chi connectivity index (χ2n) is 8.69. The molecule has 1 aliphatic heterocycles. The van der Waals surface area contributed by atoms with Crippen molar-refractivity contribution in [3.63, 3.8) is 0 Å². The van der Waals surface area contributed by atoms with Gasteiger partial charge >= 0.3 is 12.4 Å². The van der Waals surface area contributed by atoms with Gasteiger partial charge in [0.1, 0.15) is 5.82 Å². The van der Waals surface area contributed by atoms with Gasteiger partial charge < -0.3 is 10.6 Å². The molecule has 1 aliphatic rings. The van der Waals surface area contributed by atoms with E-state index in [-0.39, 0.29) is 35.8 Å². The third-order valence-corrected chi connectivity index (χ3v) is 6.21. The number of carbonyl (C=O) groups is 1. The van der Waals surface area contributed by atoms with Gasteiger partial charge in [0.05, 0.1) is 11.1 Å². The van der Waals surface area contributed by atoms with Crippen LogP contribution in [0.5, 0.6) is 0 Å². The van der Waals surface area contributed by atoms with Crippen LogP contribution in [0.4, 0.5) is 30.7 Å². The van der Waals surface area contributed by atoms with Crippen molar-refractivity contribution in [1.82, 2.24) is 10.6 Å². The standard InChI is InChI=1S/C24H25F7N2O/c1-13-7-18(25)3-4-19(13)21-12-32-6-5-20(21)22(34)33-11-14(2)15-8-16(23(26,27)28)10-17(9-15)24(29,30)31/h3-4,7-10,14,20-21,32H,5-6,11-12H2,1-2H3,(H,33,34)/t14-,20-,21+/m0/s1. The zero-order chi connectivity index (χ0) is 25.3. The summed E-state index contributed by atoms with van der Waals surface area (Å²) < 4.78 is 92.4. The molecule has 0 bridgehead atoms. The number of nitrogens with one attached hydrogen (secondary N) is 2. The van der Waals surface area contributed by atoms with E-state index in [1.165, 1.54) is 19.1 Å². The number of piperidine rings is 1. The lowest BCUT2D eigenvalue weighted by molar-refractivity contribution is -0.143. The van der Waals surface area contributed by atoms with Crippen LogP contribution in [0.3, 0.4) is 0 Å². The first-order valence-corrected chi connectivity index (χ1v) is 10.8. The number of benzene rings is 2. The predicted octanol–water partition coefficient (Wildman–Crippen LogP) is 5.78. The highest BCUT2D eigenvalue weighted by Crippen LogP contribution is 2.38. The maximum absolute atomic E-state index is 13.5. The first-order valence-electron chi connectivity index (χ1n) is 10.8. The van der Waals surface area contributed by atoms with E-state index >= 15 is 0 Å². The van der Waals surface area contributed by atoms with E-state index in [2.05, 4.69) is 10.6 Å². The van der Waals surface area contributed by atoms with Crippen LogP contribution in [-0.4, -0.2) is 25.5 Å². The largest absolute Gasteiger partial charge is 0.416 e. The van der Waals surface area contributed by atoms with Crippen LogP contribution in [-0.2, 0) is 17.1 Å². The van der Waals surface area contributed by atoms with Crippen molar-refractivity contribution in [3.05, 3.63) is 70.0 Å². The molecule has 2 N–H and O–H groups in total. The lowest BCUT2D eigenvalue weighted by Crippen LogP contribution is -2.44. The molecule has 3 nitrogen and oxygen atoms in total. The van der Waals surface area contributed by atoms with E-state index in [0.717, 1.165) is 5.56 Å². The topological polar surface area (TPSA) is 41.1 Å². The smallest absolute Gasteiger partial charge is 0.355 e. The predicted molar refractivity (Wildman–Crippen MR) is 113 cm³/mol. The van der Waals surface area contributed by atoms with Crippen molar-refractivity contribution in [2.45, 2.75) is 44.5 Å². The molecular formula is C24H25F7N2O. The molecule has 0 spiro atoms. The maximum Gasteiger partial charge on any atom is 0.416 e. The first kappa shape index (κ1) is 26.0. The summed E-state index contributed by atoms with van der Waals surface area (Å²) in [6.45, 7) is 4.14. The molecule has 1 heterocycles. The van der Waals surface area contributed by atoms with Crippen molar-refractivity contribution in [2.75, 3.05) is 19.6 Å². The van der Waals surface area contributed by atoms with Crippen LogP contribution in [0.25, 0.3) is 0 Å². The molecule has 1 fully saturated rings. The van der Waals surface area contributed by atoms with Crippen molar-refractivity contribution in [1.29, 1.82) is 0 Å². The van der Waals surface area contributed by atoms with Gasteiger partial charge in [0, 0.05) is 24.9 Å². The molecular weight excluding hydrogens is 465 g/mol. The van der Waals surface area contributed by atoms with Crippen LogP contribution in [0.15, 0.2) is 36.4 Å². The molecule has 3 atom stereocenters. The molecule has 3 rings (SSSR count). The van der Waals surface area contributed by atoms with E-state index in [0.29, 0.717) is 37.2 Å². The van der Waals surface area contributed by atoms with Gasteiger partial charge in [-0.1, -0.05) is 13.0 Å². The number of halogens is 7. The van der Waals surface area contributed by atoms with Gasteiger partial charge in [-0.15, -0.1) is 0 Å². The van der Waals surface area contributed by atoms with Crippen molar-refractivity contribution in [2.24, 2.45) is 5.92 Å². The second kappa shape index (κ2) is 9.93. The van der Waals surface area contributed by atoms with Gasteiger partial charge in [-0.3, -0.25) is 4.79 Å². The third-order valence-electron chi connectivity index (χ3n) is 6.21. The molecule has 1 saturated heterocycles. The average Bonchev–Trinajstić information content (AvgIpc) is 2.76. The van der Waals surface area contributed by atoms with Gasteiger partial charge in [-0.2, -0.15) is 26.3 Å². The second-order valence-corrected chi connectivity index (χ2v) is 8.69. The molecule has 0 unspecified atom stereocenters. The molecule has 0 aromatic heterocycles. The summed E-state index contributed by atoms with van der Waals surface area (Å²) in [6, 6.07) is 5.78. The van der Waals surface area contributed by atoms with E-state index < -0.39 is 35.3 Å². The molecule has 186 valence electrons. The molecule has 1 amide bonds. The molecule has 2 aromatic rings. The van der Waals surface area contributed by atoms with Crippen LogP contribution in [0.1, 0.15) is 53.0 Å². The van der Waals surface area contributed by atoms with E-state index in [1.807, 2.05) is 0 Å². The monoisotopic (exact) mass is 490 g/mol. The summed E-state index contributed by atoms with van der Waals surface area (Å²) in [6.07, 6.45) is -9.38. The molecule has 10 heteroatoms. The Morgan fingerprint density at radius 1 is 1.06 bits per heavy atom. The van der Waals surface area contributed by atoms with Gasteiger partial charge in [0.2, 0.25) is 5.91 Å². The molecule has 2 aromatic carbocycles. The lowest BCUT2D eigenvalue weighted by Gasteiger charge is -2.33. The first-order chi connectivity index (χ1) is 15.8.